The predicted molar refractivity (Wildman–Crippen MR) is 125 cm³/mol. The number of thiocarbonyl (C=S) groups is 1. The molecule has 0 unspecified atom stereocenters. The van der Waals surface area contributed by atoms with Crippen molar-refractivity contribution in [1.82, 2.24) is 5.32 Å². The first-order valence-corrected chi connectivity index (χ1v) is 10.7. The summed E-state index contributed by atoms with van der Waals surface area (Å²) in [5.41, 5.74) is 0.733. The third kappa shape index (κ3) is 5.23. The van der Waals surface area contributed by atoms with Crippen molar-refractivity contribution in [3.8, 4) is 11.5 Å². The van der Waals surface area contributed by atoms with Crippen LogP contribution in [0.15, 0.2) is 46.9 Å². The van der Waals surface area contributed by atoms with E-state index in [4.69, 9.17) is 28.6 Å². The fourth-order valence-electron chi connectivity index (χ4n) is 2.81. The number of nitrogens with one attached hydrogen (secondary N) is 2. The Kier molecular flexibility index (Phi) is 7.43. The van der Waals surface area contributed by atoms with Crippen LogP contribution in [0.25, 0.3) is 0 Å². The highest BCUT2D eigenvalue weighted by molar-refractivity contribution is 9.10. The van der Waals surface area contributed by atoms with Crippen LogP contribution in [-0.2, 0) is 0 Å². The number of aryl methyl sites for hydroxylation is 1. The van der Waals surface area contributed by atoms with Gasteiger partial charge in [-0.25, -0.2) is 13.2 Å². The summed E-state index contributed by atoms with van der Waals surface area (Å²) in [5.74, 6) is -3.39. The van der Waals surface area contributed by atoms with Crippen molar-refractivity contribution >= 4 is 56.5 Å². The smallest absolute Gasteiger partial charge is 0.263 e. The first kappa shape index (κ1) is 24.0. The minimum absolute atomic E-state index is 0.00647. The van der Waals surface area contributed by atoms with Crippen molar-refractivity contribution in [3.63, 3.8) is 0 Å². The van der Waals surface area contributed by atoms with Gasteiger partial charge in [-0.2, -0.15) is 0 Å². The SMILES string of the molecule is Cc1cc(NC(=S)NC(=O)c2c(F)cccc2F)c(C)c(Cl)c1Oc1ccc(Br)cc1F. The summed E-state index contributed by atoms with van der Waals surface area (Å²) in [6, 6.07) is 9.07. The van der Waals surface area contributed by atoms with E-state index in [1.54, 1.807) is 26.0 Å². The molecule has 0 spiro atoms. The molecule has 166 valence electrons. The van der Waals surface area contributed by atoms with E-state index in [0.717, 1.165) is 18.2 Å². The third-order valence-corrected chi connectivity index (χ3v) is 5.58. The van der Waals surface area contributed by atoms with E-state index in [0.29, 0.717) is 21.3 Å². The molecule has 0 atom stereocenters. The molecule has 0 radical (unpaired) electrons. The Hall–Kier alpha value is -2.62. The fourth-order valence-corrected chi connectivity index (χ4v) is 3.63. The molecule has 2 N–H and O–H groups in total. The summed E-state index contributed by atoms with van der Waals surface area (Å²) in [4.78, 5) is 12.2. The number of carbonyl (C=O) groups excluding carboxylic acids is 1. The largest absolute Gasteiger partial charge is 0.452 e. The van der Waals surface area contributed by atoms with E-state index in [1.807, 2.05) is 0 Å². The normalized spacial score (nSPS) is 10.6. The Morgan fingerprint density at radius 3 is 2.34 bits per heavy atom. The topological polar surface area (TPSA) is 50.4 Å². The summed E-state index contributed by atoms with van der Waals surface area (Å²) in [7, 11) is 0. The zero-order valence-electron chi connectivity index (χ0n) is 16.7. The second-order valence-electron chi connectivity index (χ2n) is 6.69. The average Bonchev–Trinajstić information content (AvgIpc) is 2.70. The van der Waals surface area contributed by atoms with Crippen LogP contribution in [0.3, 0.4) is 0 Å². The zero-order chi connectivity index (χ0) is 23.6. The van der Waals surface area contributed by atoms with Crippen LogP contribution in [0, 0.1) is 31.3 Å². The van der Waals surface area contributed by atoms with E-state index in [-0.39, 0.29) is 21.6 Å². The Labute approximate surface area is 200 Å². The highest BCUT2D eigenvalue weighted by atomic mass is 79.9. The zero-order valence-corrected chi connectivity index (χ0v) is 19.8. The number of hydrogen-bond acceptors (Lipinski definition) is 3. The molecule has 0 aromatic heterocycles. The predicted octanol–water partition coefficient (Wildman–Crippen LogP) is 7.06. The van der Waals surface area contributed by atoms with Gasteiger partial charge in [0.25, 0.3) is 5.91 Å². The van der Waals surface area contributed by atoms with Crippen LogP contribution in [-0.4, -0.2) is 11.0 Å². The monoisotopic (exact) mass is 542 g/mol. The van der Waals surface area contributed by atoms with Gasteiger partial charge in [0, 0.05) is 10.2 Å². The van der Waals surface area contributed by atoms with Crippen LogP contribution < -0.4 is 15.4 Å². The maximum atomic E-state index is 14.1. The summed E-state index contributed by atoms with van der Waals surface area (Å²) < 4.78 is 48.0. The molecule has 10 heteroatoms. The number of amides is 1. The molecule has 3 aromatic rings. The molecule has 3 aromatic carbocycles. The van der Waals surface area contributed by atoms with Gasteiger partial charge in [-0.1, -0.05) is 33.6 Å². The van der Waals surface area contributed by atoms with Crippen LogP contribution in [0.1, 0.15) is 21.5 Å². The first-order valence-electron chi connectivity index (χ1n) is 9.07. The average molecular weight is 544 g/mol. The van der Waals surface area contributed by atoms with Crippen molar-refractivity contribution in [2.75, 3.05) is 5.32 Å². The molecule has 3 rings (SSSR count). The maximum absolute atomic E-state index is 14.1. The summed E-state index contributed by atoms with van der Waals surface area (Å²) in [6.07, 6.45) is 0. The third-order valence-electron chi connectivity index (χ3n) is 4.42. The highest BCUT2D eigenvalue weighted by Gasteiger charge is 2.20. The Morgan fingerprint density at radius 1 is 1.06 bits per heavy atom. The summed E-state index contributed by atoms with van der Waals surface area (Å²) >= 11 is 14.7. The molecule has 4 nitrogen and oxygen atoms in total. The van der Waals surface area contributed by atoms with Crippen molar-refractivity contribution in [1.29, 1.82) is 0 Å². The van der Waals surface area contributed by atoms with Gasteiger partial charge in [0.2, 0.25) is 0 Å². The highest BCUT2D eigenvalue weighted by Crippen LogP contribution is 2.39. The van der Waals surface area contributed by atoms with Gasteiger partial charge in [-0.05, 0) is 73.6 Å². The lowest BCUT2D eigenvalue weighted by molar-refractivity contribution is 0.0969. The van der Waals surface area contributed by atoms with Crippen molar-refractivity contribution in [2.45, 2.75) is 13.8 Å². The Bertz CT molecular complexity index is 1220. The van der Waals surface area contributed by atoms with Gasteiger partial charge in [-0.15, -0.1) is 0 Å². The molecule has 0 heterocycles. The number of hydrogen-bond donors (Lipinski definition) is 2. The molecule has 0 aliphatic carbocycles. The lowest BCUT2D eigenvalue weighted by atomic mass is 10.1. The number of carbonyl (C=O) groups is 1. The van der Waals surface area contributed by atoms with Gasteiger partial charge in [0.15, 0.2) is 16.7 Å². The quantitative estimate of drug-likeness (QED) is 0.346. The lowest BCUT2D eigenvalue weighted by Crippen LogP contribution is -2.35. The fraction of sp³-hybridized carbons (Fsp3) is 0.0909. The van der Waals surface area contributed by atoms with E-state index >= 15 is 0 Å². The molecular formula is C22H15BrClF3N2O2S. The second-order valence-corrected chi connectivity index (χ2v) is 8.39. The van der Waals surface area contributed by atoms with E-state index < -0.39 is 28.9 Å². The molecule has 1 amide bonds. The van der Waals surface area contributed by atoms with Gasteiger partial charge in [0.1, 0.15) is 22.9 Å². The van der Waals surface area contributed by atoms with E-state index in [2.05, 4.69) is 26.6 Å². The maximum Gasteiger partial charge on any atom is 0.263 e. The van der Waals surface area contributed by atoms with Crippen LogP contribution in [0.4, 0.5) is 18.9 Å². The molecule has 0 fully saturated rings. The number of ether oxygens (including phenoxy) is 1. The van der Waals surface area contributed by atoms with Gasteiger partial charge < -0.3 is 10.1 Å². The van der Waals surface area contributed by atoms with Crippen LogP contribution in [0.2, 0.25) is 5.02 Å². The van der Waals surface area contributed by atoms with Crippen molar-refractivity contribution in [2.24, 2.45) is 0 Å². The standard InChI is InChI=1S/C22H15BrClF3N2O2S/c1-10-8-16(28-22(32)29-21(30)18-13(25)4-3-5-14(18)26)11(2)19(24)20(10)31-17-7-6-12(23)9-15(17)27/h3-9H,1-2H3,(H2,28,29,30,32). The Balaban J connectivity index is 1.80. The first-order chi connectivity index (χ1) is 15.1. The summed E-state index contributed by atoms with van der Waals surface area (Å²) in [5, 5.41) is 5.02. The van der Waals surface area contributed by atoms with E-state index in [1.165, 1.54) is 12.1 Å². The van der Waals surface area contributed by atoms with Crippen molar-refractivity contribution < 1.29 is 22.7 Å². The van der Waals surface area contributed by atoms with Crippen LogP contribution >= 0.6 is 39.7 Å². The number of halogens is 5. The molecule has 0 saturated heterocycles. The van der Waals surface area contributed by atoms with Gasteiger partial charge in [-0.3, -0.25) is 10.1 Å². The van der Waals surface area contributed by atoms with Crippen LogP contribution in [0.5, 0.6) is 11.5 Å². The van der Waals surface area contributed by atoms with E-state index in [9.17, 15) is 18.0 Å². The molecule has 0 bridgehead atoms. The van der Waals surface area contributed by atoms with Crippen molar-refractivity contribution in [3.05, 3.63) is 86.1 Å². The molecule has 32 heavy (non-hydrogen) atoms. The lowest BCUT2D eigenvalue weighted by Gasteiger charge is -2.18. The molecule has 0 aliphatic heterocycles. The molecular weight excluding hydrogens is 529 g/mol. The Morgan fingerprint density at radius 2 is 1.72 bits per heavy atom. The second kappa shape index (κ2) is 9.89. The number of rotatable bonds is 4. The minimum atomic E-state index is -1.04. The minimum Gasteiger partial charge on any atom is -0.452 e. The number of benzene rings is 3. The molecule has 0 aliphatic rings. The van der Waals surface area contributed by atoms with Gasteiger partial charge >= 0.3 is 0 Å². The number of anilines is 1. The molecule has 0 saturated carbocycles. The van der Waals surface area contributed by atoms with Gasteiger partial charge in [0.05, 0.1) is 5.02 Å². The summed E-state index contributed by atoms with van der Waals surface area (Å²) in [6.45, 7) is 3.36.